The lowest BCUT2D eigenvalue weighted by Gasteiger charge is -2.10. The highest BCUT2D eigenvalue weighted by atomic mass is 79.9. The lowest BCUT2D eigenvalue weighted by atomic mass is 10.1. The molecule has 2 nitrogen and oxygen atoms in total. The van der Waals surface area contributed by atoms with Crippen molar-refractivity contribution < 1.29 is 5.11 Å². The first kappa shape index (κ1) is 10.2. The van der Waals surface area contributed by atoms with Gasteiger partial charge in [0.05, 0.1) is 12.6 Å². The van der Waals surface area contributed by atoms with Crippen molar-refractivity contribution >= 4 is 31.9 Å². The molecule has 0 amide bonds. The Morgan fingerprint density at radius 3 is 2.58 bits per heavy atom. The van der Waals surface area contributed by atoms with E-state index < -0.39 is 0 Å². The van der Waals surface area contributed by atoms with Gasteiger partial charge in [0, 0.05) is 8.95 Å². The minimum atomic E-state index is -0.313. The summed E-state index contributed by atoms with van der Waals surface area (Å²) in [7, 11) is 0. The molecule has 0 saturated heterocycles. The summed E-state index contributed by atoms with van der Waals surface area (Å²) in [6, 6.07) is 5.38. The van der Waals surface area contributed by atoms with E-state index in [4.69, 9.17) is 10.8 Å². The standard InChI is InChI=1S/C8H9Br2NO/c9-5-1-2-6(7(10)3-5)8(11)4-12/h1-3,8,12H,4,11H2. The van der Waals surface area contributed by atoms with Crippen molar-refractivity contribution in [1.82, 2.24) is 0 Å². The molecule has 1 unspecified atom stereocenters. The van der Waals surface area contributed by atoms with Gasteiger partial charge in [0.25, 0.3) is 0 Å². The molecule has 0 aliphatic rings. The first-order valence-electron chi connectivity index (χ1n) is 3.46. The lowest BCUT2D eigenvalue weighted by Crippen LogP contribution is -2.14. The van der Waals surface area contributed by atoms with Crippen molar-refractivity contribution in [2.24, 2.45) is 5.73 Å². The van der Waals surface area contributed by atoms with Crippen LogP contribution in [0.15, 0.2) is 27.1 Å². The van der Waals surface area contributed by atoms with Crippen LogP contribution in [0.2, 0.25) is 0 Å². The Kier molecular flexibility index (Phi) is 3.71. The molecule has 3 N–H and O–H groups in total. The van der Waals surface area contributed by atoms with E-state index in [0.29, 0.717) is 0 Å². The van der Waals surface area contributed by atoms with Gasteiger partial charge >= 0.3 is 0 Å². The number of aliphatic hydroxyl groups is 1. The summed E-state index contributed by atoms with van der Waals surface area (Å²) in [6.45, 7) is -0.0414. The highest BCUT2D eigenvalue weighted by molar-refractivity contribution is 9.11. The van der Waals surface area contributed by atoms with Gasteiger partial charge in [-0.15, -0.1) is 0 Å². The van der Waals surface area contributed by atoms with Crippen LogP contribution in [0.25, 0.3) is 0 Å². The van der Waals surface area contributed by atoms with Crippen molar-refractivity contribution in [3.63, 3.8) is 0 Å². The first-order valence-corrected chi connectivity index (χ1v) is 5.05. The predicted molar refractivity (Wildman–Crippen MR) is 55.9 cm³/mol. The zero-order chi connectivity index (χ0) is 9.14. The Labute approximate surface area is 88.0 Å². The third-order valence-corrected chi connectivity index (χ3v) is 2.74. The summed E-state index contributed by atoms with van der Waals surface area (Å²) >= 11 is 6.70. The molecular formula is C8H9Br2NO. The van der Waals surface area contributed by atoms with Gasteiger partial charge < -0.3 is 10.8 Å². The lowest BCUT2D eigenvalue weighted by molar-refractivity contribution is 0.267. The van der Waals surface area contributed by atoms with Crippen molar-refractivity contribution in [3.8, 4) is 0 Å². The van der Waals surface area contributed by atoms with Crippen LogP contribution in [0.1, 0.15) is 11.6 Å². The van der Waals surface area contributed by atoms with Crippen LogP contribution >= 0.6 is 31.9 Å². The van der Waals surface area contributed by atoms with Gasteiger partial charge in [-0.25, -0.2) is 0 Å². The molecule has 1 aromatic carbocycles. The van der Waals surface area contributed by atoms with E-state index in [-0.39, 0.29) is 12.6 Å². The molecule has 1 rings (SSSR count). The third-order valence-electron chi connectivity index (χ3n) is 1.56. The fourth-order valence-electron chi connectivity index (χ4n) is 0.901. The zero-order valence-electron chi connectivity index (χ0n) is 6.30. The number of hydrogen-bond donors (Lipinski definition) is 2. The van der Waals surface area contributed by atoms with Crippen LogP contribution in [0.5, 0.6) is 0 Å². The second-order valence-electron chi connectivity index (χ2n) is 2.45. The van der Waals surface area contributed by atoms with Crippen molar-refractivity contribution in [2.75, 3.05) is 6.61 Å². The summed E-state index contributed by atoms with van der Waals surface area (Å²) < 4.78 is 1.90. The molecule has 0 saturated carbocycles. The Morgan fingerprint density at radius 1 is 1.42 bits per heavy atom. The van der Waals surface area contributed by atoms with Crippen molar-refractivity contribution in [1.29, 1.82) is 0 Å². The Morgan fingerprint density at radius 2 is 2.08 bits per heavy atom. The quantitative estimate of drug-likeness (QED) is 0.878. The molecule has 0 spiro atoms. The average molecular weight is 295 g/mol. The predicted octanol–water partition coefficient (Wildman–Crippen LogP) is 2.20. The van der Waals surface area contributed by atoms with E-state index in [1.54, 1.807) is 0 Å². The molecule has 0 aliphatic heterocycles. The number of hydrogen-bond acceptors (Lipinski definition) is 2. The van der Waals surface area contributed by atoms with E-state index in [9.17, 15) is 0 Å². The van der Waals surface area contributed by atoms with Crippen molar-refractivity contribution in [2.45, 2.75) is 6.04 Å². The monoisotopic (exact) mass is 293 g/mol. The minimum Gasteiger partial charge on any atom is -0.394 e. The fraction of sp³-hybridized carbons (Fsp3) is 0.250. The molecule has 12 heavy (non-hydrogen) atoms. The van der Waals surface area contributed by atoms with Gasteiger partial charge in [-0.05, 0) is 17.7 Å². The van der Waals surface area contributed by atoms with Crippen LogP contribution in [0.4, 0.5) is 0 Å². The van der Waals surface area contributed by atoms with E-state index in [1.165, 1.54) is 0 Å². The van der Waals surface area contributed by atoms with Crippen LogP contribution in [-0.2, 0) is 0 Å². The van der Waals surface area contributed by atoms with Gasteiger partial charge in [0.1, 0.15) is 0 Å². The summed E-state index contributed by atoms with van der Waals surface area (Å²) in [6.07, 6.45) is 0. The van der Waals surface area contributed by atoms with E-state index in [0.717, 1.165) is 14.5 Å². The second kappa shape index (κ2) is 4.37. The van der Waals surface area contributed by atoms with E-state index >= 15 is 0 Å². The number of aliphatic hydroxyl groups excluding tert-OH is 1. The average Bonchev–Trinajstić information content (AvgIpc) is 2.03. The second-order valence-corrected chi connectivity index (χ2v) is 4.22. The van der Waals surface area contributed by atoms with Crippen LogP contribution in [-0.4, -0.2) is 11.7 Å². The molecule has 0 heterocycles. The van der Waals surface area contributed by atoms with Crippen molar-refractivity contribution in [3.05, 3.63) is 32.7 Å². The van der Waals surface area contributed by atoms with E-state index in [1.807, 2.05) is 18.2 Å². The molecule has 0 aromatic heterocycles. The summed E-state index contributed by atoms with van der Waals surface area (Å²) in [5, 5.41) is 8.82. The summed E-state index contributed by atoms with van der Waals surface area (Å²) in [5.41, 5.74) is 6.57. The molecule has 0 aliphatic carbocycles. The number of benzene rings is 1. The largest absolute Gasteiger partial charge is 0.394 e. The molecule has 66 valence electrons. The van der Waals surface area contributed by atoms with Gasteiger partial charge in [0.2, 0.25) is 0 Å². The maximum absolute atomic E-state index is 8.82. The molecule has 0 fully saturated rings. The van der Waals surface area contributed by atoms with Crippen LogP contribution in [0, 0.1) is 0 Å². The SMILES string of the molecule is NC(CO)c1ccc(Br)cc1Br. The molecule has 1 atom stereocenters. The van der Waals surface area contributed by atoms with Gasteiger partial charge in [0.15, 0.2) is 0 Å². The van der Waals surface area contributed by atoms with Crippen LogP contribution < -0.4 is 5.73 Å². The molecular weight excluding hydrogens is 286 g/mol. The maximum Gasteiger partial charge on any atom is 0.0624 e. The topological polar surface area (TPSA) is 46.2 Å². The Balaban J connectivity index is 3.01. The van der Waals surface area contributed by atoms with E-state index in [2.05, 4.69) is 31.9 Å². The highest BCUT2D eigenvalue weighted by Crippen LogP contribution is 2.25. The molecule has 1 aromatic rings. The Hall–Kier alpha value is 0.1000. The van der Waals surface area contributed by atoms with Crippen LogP contribution in [0.3, 0.4) is 0 Å². The fourth-order valence-corrected chi connectivity index (χ4v) is 2.24. The third kappa shape index (κ3) is 2.29. The Bertz CT molecular complexity index is 278. The number of rotatable bonds is 2. The molecule has 0 bridgehead atoms. The highest BCUT2D eigenvalue weighted by Gasteiger charge is 2.07. The minimum absolute atomic E-state index is 0.0414. The first-order chi connectivity index (χ1) is 5.65. The number of halogens is 2. The normalized spacial score (nSPS) is 13.0. The molecule has 4 heteroatoms. The number of nitrogens with two attached hydrogens (primary N) is 1. The maximum atomic E-state index is 8.82. The zero-order valence-corrected chi connectivity index (χ0v) is 9.47. The molecule has 0 radical (unpaired) electrons. The van der Waals surface area contributed by atoms with Gasteiger partial charge in [-0.1, -0.05) is 37.9 Å². The van der Waals surface area contributed by atoms with Gasteiger partial charge in [-0.2, -0.15) is 0 Å². The summed E-state index contributed by atoms with van der Waals surface area (Å²) in [4.78, 5) is 0. The summed E-state index contributed by atoms with van der Waals surface area (Å²) in [5.74, 6) is 0. The smallest absolute Gasteiger partial charge is 0.0624 e. The van der Waals surface area contributed by atoms with Gasteiger partial charge in [-0.3, -0.25) is 0 Å².